The first-order valence-electron chi connectivity index (χ1n) is 14.0. The van der Waals surface area contributed by atoms with Gasteiger partial charge >= 0.3 is 0 Å². The number of hydrogen-bond acceptors (Lipinski definition) is 4. The number of amides is 2. The summed E-state index contributed by atoms with van der Waals surface area (Å²) in [6.45, 7) is 5.81. The second-order valence-electron chi connectivity index (χ2n) is 10.5. The lowest BCUT2D eigenvalue weighted by atomic mass is 10.0. The molecule has 0 aliphatic rings. The molecule has 2 unspecified atom stereocenters. The molecule has 10 heteroatoms. The van der Waals surface area contributed by atoms with Gasteiger partial charge in [0, 0.05) is 37.0 Å². The summed E-state index contributed by atoms with van der Waals surface area (Å²) >= 11 is 6.16. The minimum Gasteiger partial charge on any atom is -0.352 e. The molecule has 0 fully saturated rings. The molecule has 3 aromatic rings. The van der Waals surface area contributed by atoms with Crippen molar-refractivity contribution >= 4 is 39.1 Å². The number of carbonyl (C=O) groups excluding carboxylic acids is 2. The van der Waals surface area contributed by atoms with E-state index in [0.29, 0.717) is 16.3 Å². The minimum absolute atomic E-state index is 0.00523. The SMILES string of the molecule is CCC(C)NC(=O)C(Cc1ccccc1)N(Cc1ccc(F)cc1)C(=O)CCCN(c1cc(Cl)ccc1C)S(C)(=O)=O. The van der Waals surface area contributed by atoms with Gasteiger partial charge in [0.2, 0.25) is 21.8 Å². The van der Waals surface area contributed by atoms with Crippen molar-refractivity contribution in [3.63, 3.8) is 0 Å². The summed E-state index contributed by atoms with van der Waals surface area (Å²) in [5, 5.41) is 3.42. The van der Waals surface area contributed by atoms with Crippen molar-refractivity contribution in [2.24, 2.45) is 0 Å². The van der Waals surface area contributed by atoms with Crippen LogP contribution in [0.5, 0.6) is 0 Å². The molecular formula is C32H39ClFN3O4S. The summed E-state index contributed by atoms with van der Waals surface area (Å²) < 4.78 is 40.3. The second kappa shape index (κ2) is 15.2. The second-order valence-corrected chi connectivity index (χ2v) is 12.9. The van der Waals surface area contributed by atoms with E-state index < -0.39 is 21.9 Å². The first-order chi connectivity index (χ1) is 19.9. The van der Waals surface area contributed by atoms with E-state index in [1.165, 1.54) is 21.3 Å². The van der Waals surface area contributed by atoms with Crippen molar-refractivity contribution < 1.29 is 22.4 Å². The number of benzene rings is 3. The van der Waals surface area contributed by atoms with Crippen molar-refractivity contribution in [2.45, 2.75) is 65.1 Å². The molecule has 0 aliphatic heterocycles. The van der Waals surface area contributed by atoms with Crippen LogP contribution < -0.4 is 9.62 Å². The molecule has 42 heavy (non-hydrogen) atoms. The van der Waals surface area contributed by atoms with Gasteiger partial charge in [-0.2, -0.15) is 0 Å². The normalized spacial score (nSPS) is 12.8. The Balaban J connectivity index is 1.90. The van der Waals surface area contributed by atoms with E-state index in [0.717, 1.165) is 23.8 Å². The third-order valence-corrected chi connectivity index (χ3v) is 8.55. The van der Waals surface area contributed by atoms with Crippen LogP contribution in [0.3, 0.4) is 0 Å². The molecule has 0 heterocycles. The Kier molecular flexibility index (Phi) is 11.9. The van der Waals surface area contributed by atoms with E-state index >= 15 is 0 Å². The van der Waals surface area contributed by atoms with Crippen molar-refractivity contribution in [3.8, 4) is 0 Å². The summed E-state index contributed by atoms with van der Waals surface area (Å²) in [5.41, 5.74) is 2.75. The number of aryl methyl sites for hydroxylation is 1. The molecule has 1 N–H and O–H groups in total. The monoisotopic (exact) mass is 615 g/mol. The molecule has 0 radical (unpaired) electrons. The van der Waals surface area contributed by atoms with Crippen LogP contribution in [0.15, 0.2) is 72.8 Å². The highest BCUT2D eigenvalue weighted by Gasteiger charge is 2.31. The molecular weight excluding hydrogens is 577 g/mol. The van der Waals surface area contributed by atoms with Gasteiger partial charge in [-0.25, -0.2) is 12.8 Å². The van der Waals surface area contributed by atoms with Crippen molar-refractivity contribution in [1.29, 1.82) is 0 Å². The highest BCUT2D eigenvalue weighted by molar-refractivity contribution is 7.92. The zero-order valence-corrected chi connectivity index (χ0v) is 26.1. The summed E-state index contributed by atoms with van der Waals surface area (Å²) in [4.78, 5) is 29.0. The number of rotatable bonds is 14. The number of carbonyl (C=O) groups is 2. The summed E-state index contributed by atoms with van der Waals surface area (Å²) in [6, 6.07) is 19.4. The maximum Gasteiger partial charge on any atom is 0.243 e. The Bertz CT molecular complexity index is 1450. The van der Waals surface area contributed by atoms with Gasteiger partial charge in [-0.15, -0.1) is 0 Å². The maximum atomic E-state index is 13.9. The number of sulfonamides is 1. The zero-order chi connectivity index (χ0) is 30.9. The summed E-state index contributed by atoms with van der Waals surface area (Å²) in [5.74, 6) is -0.990. The molecule has 0 spiro atoms. The van der Waals surface area contributed by atoms with Crippen LogP contribution in [0.1, 0.15) is 49.8 Å². The van der Waals surface area contributed by atoms with Crippen LogP contribution in [0, 0.1) is 12.7 Å². The Hall–Kier alpha value is -3.43. The van der Waals surface area contributed by atoms with Gasteiger partial charge in [0.1, 0.15) is 11.9 Å². The van der Waals surface area contributed by atoms with E-state index in [9.17, 15) is 22.4 Å². The number of hydrogen-bond donors (Lipinski definition) is 1. The zero-order valence-electron chi connectivity index (χ0n) is 24.5. The van der Waals surface area contributed by atoms with E-state index in [-0.39, 0.29) is 50.2 Å². The molecule has 2 atom stereocenters. The fraction of sp³-hybridized carbons (Fsp3) is 0.375. The molecule has 226 valence electrons. The number of nitrogens with zero attached hydrogens (tertiary/aromatic N) is 2. The van der Waals surface area contributed by atoms with Gasteiger partial charge in [-0.3, -0.25) is 13.9 Å². The molecule has 3 aromatic carbocycles. The first-order valence-corrected chi connectivity index (χ1v) is 16.2. The van der Waals surface area contributed by atoms with E-state index in [2.05, 4.69) is 5.32 Å². The number of halogens is 2. The molecule has 7 nitrogen and oxygen atoms in total. The van der Waals surface area contributed by atoms with Crippen molar-refractivity contribution in [3.05, 3.63) is 100 Å². The van der Waals surface area contributed by atoms with E-state index in [1.807, 2.05) is 44.2 Å². The predicted molar refractivity (Wildman–Crippen MR) is 166 cm³/mol. The topological polar surface area (TPSA) is 86.8 Å². The van der Waals surface area contributed by atoms with Crippen LogP contribution in [-0.4, -0.2) is 50.0 Å². The van der Waals surface area contributed by atoms with Crippen LogP contribution in [0.4, 0.5) is 10.1 Å². The van der Waals surface area contributed by atoms with Crippen molar-refractivity contribution in [2.75, 3.05) is 17.1 Å². The molecule has 3 rings (SSSR count). The quantitative estimate of drug-likeness (QED) is 0.245. The van der Waals surface area contributed by atoms with Gasteiger partial charge < -0.3 is 10.2 Å². The standard InChI is InChI=1S/C32H39ClFN3O4S/c1-5-24(3)35-32(39)30(20-25-10-7-6-8-11-25)36(22-26-14-17-28(34)18-15-26)31(38)12-9-19-37(42(4,40)41)29-21-27(33)16-13-23(29)2/h6-8,10-11,13-18,21,24,30H,5,9,12,19-20,22H2,1-4H3,(H,35,39). The third-order valence-electron chi connectivity index (χ3n) is 7.13. The van der Waals surface area contributed by atoms with Crippen LogP contribution in [-0.2, 0) is 32.6 Å². The summed E-state index contributed by atoms with van der Waals surface area (Å²) in [7, 11) is -3.66. The average molecular weight is 616 g/mol. The minimum atomic E-state index is -3.66. The third kappa shape index (κ3) is 9.56. The van der Waals surface area contributed by atoms with Gasteiger partial charge in [-0.1, -0.05) is 67.1 Å². The van der Waals surface area contributed by atoms with E-state index in [1.54, 1.807) is 37.3 Å². The molecule has 0 aliphatic carbocycles. The lowest BCUT2D eigenvalue weighted by molar-refractivity contribution is -0.141. The molecule has 0 bridgehead atoms. The van der Waals surface area contributed by atoms with E-state index in [4.69, 9.17) is 11.6 Å². The predicted octanol–water partition coefficient (Wildman–Crippen LogP) is 5.89. The lowest BCUT2D eigenvalue weighted by Crippen LogP contribution is -2.52. The first kappa shape index (κ1) is 33.1. The maximum absolute atomic E-state index is 13.9. The average Bonchev–Trinajstić information content (AvgIpc) is 2.95. The fourth-order valence-corrected chi connectivity index (χ4v) is 5.80. The number of anilines is 1. The van der Waals surface area contributed by atoms with Gasteiger partial charge in [-0.05, 0) is 67.6 Å². The lowest BCUT2D eigenvalue weighted by Gasteiger charge is -2.33. The van der Waals surface area contributed by atoms with Crippen LogP contribution >= 0.6 is 11.6 Å². The Morgan fingerprint density at radius 1 is 1.00 bits per heavy atom. The van der Waals surface area contributed by atoms with Crippen LogP contribution in [0.25, 0.3) is 0 Å². The Labute approximate surface area is 253 Å². The Morgan fingerprint density at radius 3 is 2.29 bits per heavy atom. The van der Waals surface area contributed by atoms with Gasteiger partial charge in [0.05, 0.1) is 11.9 Å². The Morgan fingerprint density at radius 2 is 1.67 bits per heavy atom. The molecule has 0 aromatic heterocycles. The molecule has 0 saturated carbocycles. The van der Waals surface area contributed by atoms with Crippen molar-refractivity contribution in [1.82, 2.24) is 10.2 Å². The highest BCUT2D eigenvalue weighted by atomic mass is 35.5. The molecule has 0 saturated heterocycles. The molecule has 2 amide bonds. The number of nitrogens with one attached hydrogen (secondary N) is 1. The fourth-order valence-electron chi connectivity index (χ4n) is 4.62. The summed E-state index contributed by atoms with van der Waals surface area (Å²) in [6.07, 6.45) is 2.33. The van der Waals surface area contributed by atoms with Crippen LogP contribution in [0.2, 0.25) is 5.02 Å². The highest BCUT2D eigenvalue weighted by Crippen LogP contribution is 2.27. The van der Waals surface area contributed by atoms with Gasteiger partial charge in [0.25, 0.3) is 0 Å². The smallest absolute Gasteiger partial charge is 0.243 e. The largest absolute Gasteiger partial charge is 0.352 e. The van der Waals surface area contributed by atoms with Gasteiger partial charge in [0.15, 0.2) is 0 Å².